The number of benzene rings is 1. The van der Waals surface area contributed by atoms with Gasteiger partial charge in [0, 0.05) is 5.56 Å². The second-order valence-corrected chi connectivity index (χ2v) is 4.59. The van der Waals surface area contributed by atoms with Crippen LogP contribution < -0.4 is 0 Å². The van der Waals surface area contributed by atoms with Gasteiger partial charge in [0.05, 0.1) is 6.10 Å². The van der Waals surface area contributed by atoms with Crippen molar-refractivity contribution in [1.29, 1.82) is 0 Å². The molecule has 1 nitrogen and oxygen atoms in total. The summed E-state index contributed by atoms with van der Waals surface area (Å²) in [6, 6.07) is 2.99. The van der Waals surface area contributed by atoms with Gasteiger partial charge in [-0.25, -0.2) is 8.78 Å². The SMILES string of the molecule is Cc1ccc(C(O)C2CC=CCC2)c(F)c1F. The molecule has 2 atom stereocenters. The first-order valence-electron chi connectivity index (χ1n) is 5.89. The van der Waals surface area contributed by atoms with Gasteiger partial charge in [0.15, 0.2) is 11.6 Å². The Labute approximate surface area is 99.8 Å². The quantitative estimate of drug-likeness (QED) is 0.779. The van der Waals surface area contributed by atoms with Crippen LogP contribution in [0.15, 0.2) is 24.3 Å². The first-order valence-corrected chi connectivity index (χ1v) is 5.89. The monoisotopic (exact) mass is 238 g/mol. The van der Waals surface area contributed by atoms with Crippen LogP contribution in [0.25, 0.3) is 0 Å². The van der Waals surface area contributed by atoms with E-state index < -0.39 is 17.7 Å². The lowest BCUT2D eigenvalue weighted by atomic mass is 9.85. The third-order valence-corrected chi connectivity index (χ3v) is 3.38. The number of hydrogen-bond acceptors (Lipinski definition) is 1. The van der Waals surface area contributed by atoms with Crippen molar-refractivity contribution >= 4 is 0 Å². The van der Waals surface area contributed by atoms with E-state index in [2.05, 4.69) is 6.08 Å². The largest absolute Gasteiger partial charge is 0.388 e. The maximum atomic E-state index is 13.7. The zero-order chi connectivity index (χ0) is 12.4. The normalized spacial score (nSPS) is 21.5. The molecule has 0 amide bonds. The van der Waals surface area contributed by atoms with E-state index in [4.69, 9.17) is 0 Å². The molecule has 1 aliphatic rings. The summed E-state index contributed by atoms with van der Waals surface area (Å²) in [4.78, 5) is 0. The minimum Gasteiger partial charge on any atom is -0.388 e. The van der Waals surface area contributed by atoms with E-state index in [-0.39, 0.29) is 17.0 Å². The van der Waals surface area contributed by atoms with Gasteiger partial charge in [-0.15, -0.1) is 0 Å². The molecule has 1 aromatic rings. The van der Waals surface area contributed by atoms with Gasteiger partial charge in [0.2, 0.25) is 0 Å². The van der Waals surface area contributed by atoms with Crippen LogP contribution >= 0.6 is 0 Å². The summed E-state index contributed by atoms with van der Waals surface area (Å²) >= 11 is 0. The lowest BCUT2D eigenvalue weighted by Gasteiger charge is -2.24. The lowest BCUT2D eigenvalue weighted by Crippen LogP contribution is -2.16. The van der Waals surface area contributed by atoms with Crippen LogP contribution in [-0.4, -0.2) is 5.11 Å². The van der Waals surface area contributed by atoms with Crippen molar-refractivity contribution in [1.82, 2.24) is 0 Å². The summed E-state index contributed by atoms with van der Waals surface area (Å²) in [6.45, 7) is 1.51. The summed E-state index contributed by atoms with van der Waals surface area (Å²) in [7, 11) is 0. The Bertz CT molecular complexity index is 440. The Hall–Kier alpha value is -1.22. The van der Waals surface area contributed by atoms with Crippen LogP contribution in [0.3, 0.4) is 0 Å². The minimum atomic E-state index is -0.921. The van der Waals surface area contributed by atoms with E-state index in [0.717, 1.165) is 19.3 Å². The van der Waals surface area contributed by atoms with Crippen molar-refractivity contribution in [3.8, 4) is 0 Å². The predicted molar refractivity (Wildman–Crippen MR) is 62.5 cm³/mol. The first kappa shape index (κ1) is 12.2. The molecule has 0 saturated carbocycles. The third-order valence-electron chi connectivity index (χ3n) is 3.38. The van der Waals surface area contributed by atoms with Gasteiger partial charge in [-0.3, -0.25) is 0 Å². The summed E-state index contributed by atoms with van der Waals surface area (Å²) in [5.41, 5.74) is 0.343. The molecule has 92 valence electrons. The molecule has 0 fully saturated rings. The molecule has 2 unspecified atom stereocenters. The van der Waals surface area contributed by atoms with Gasteiger partial charge in [0.25, 0.3) is 0 Å². The topological polar surface area (TPSA) is 20.2 Å². The van der Waals surface area contributed by atoms with Crippen LogP contribution in [0, 0.1) is 24.5 Å². The number of rotatable bonds is 2. The Morgan fingerprint density at radius 1 is 1.24 bits per heavy atom. The van der Waals surface area contributed by atoms with Crippen LogP contribution in [0.2, 0.25) is 0 Å². The Morgan fingerprint density at radius 2 is 2.00 bits per heavy atom. The molecule has 1 aliphatic carbocycles. The van der Waals surface area contributed by atoms with Gasteiger partial charge in [-0.05, 0) is 37.7 Å². The van der Waals surface area contributed by atoms with E-state index in [1.165, 1.54) is 19.1 Å². The van der Waals surface area contributed by atoms with Gasteiger partial charge in [0.1, 0.15) is 0 Å². The molecule has 0 bridgehead atoms. The maximum Gasteiger partial charge on any atom is 0.164 e. The standard InChI is InChI=1S/C14H16F2O/c1-9-7-8-11(13(16)12(9)15)14(17)10-5-3-2-4-6-10/h2-3,7-8,10,14,17H,4-6H2,1H3. The molecule has 2 rings (SSSR count). The Kier molecular flexibility index (Phi) is 3.57. The fourth-order valence-electron chi connectivity index (χ4n) is 2.25. The number of aliphatic hydroxyl groups excluding tert-OH is 1. The molecule has 0 spiro atoms. The first-order chi connectivity index (χ1) is 8.11. The molecule has 17 heavy (non-hydrogen) atoms. The highest BCUT2D eigenvalue weighted by molar-refractivity contribution is 5.27. The fraction of sp³-hybridized carbons (Fsp3) is 0.429. The lowest BCUT2D eigenvalue weighted by molar-refractivity contribution is 0.0980. The third kappa shape index (κ3) is 2.39. The highest BCUT2D eigenvalue weighted by Gasteiger charge is 2.25. The van der Waals surface area contributed by atoms with Crippen molar-refractivity contribution in [3.63, 3.8) is 0 Å². The number of aryl methyl sites for hydroxylation is 1. The highest BCUT2D eigenvalue weighted by Crippen LogP contribution is 2.33. The van der Waals surface area contributed by atoms with E-state index in [1.54, 1.807) is 0 Å². The van der Waals surface area contributed by atoms with Crippen molar-refractivity contribution in [2.75, 3.05) is 0 Å². The second kappa shape index (κ2) is 4.96. The van der Waals surface area contributed by atoms with E-state index in [9.17, 15) is 13.9 Å². The summed E-state index contributed by atoms with van der Waals surface area (Å²) in [5, 5.41) is 10.1. The minimum absolute atomic E-state index is 0.0170. The summed E-state index contributed by atoms with van der Waals surface area (Å²) in [6.07, 6.45) is 5.53. The van der Waals surface area contributed by atoms with Crippen LogP contribution in [-0.2, 0) is 0 Å². The van der Waals surface area contributed by atoms with Crippen molar-refractivity contribution in [2.45, 2.75) is 32.3 Å². The predicted octanol–water partition coefficient (Wildman–Crippen LogP) is 3.66. The average molecular weight is 238 g/mol. The highest BCUT2D eigenvalue weighted by atomic mass is 19.2. The summed E-state index contributed by atoms with van der Waals surface area (Å²) < 4.78 is 27.1. The van der Waals surface area contributed by atoms with Crippen LogP contribution in [0.4, 0.5) is 8.78 Å². The molecule has 3 heteroatoms. The van der Waals surface area contributed by atoms with Gasteiger partial charge >= 0.3 is 0 Å². The fourth-order valence-corrected chi connectivity index (χ4v) is 2.25. The molecular weight excluding hydrogens is 222 g/mol. The Morgan fingerprint density at radius 3 is 2.65 bits per heavy atom. The number of hydrogen-bond donors (Lipinski definition) is 1. The van der Waals surface area contributed by atoms with E-state index in [0.29, 0.717) is 0 Å². The van der Waals surface area contributed by atoms with Crippen LogP contribution in [0.1, 0.15) is 36.5 Å². The number of halogens is 2. The zero-order valence-corrected chi connectivity index (χ0v) is 9.79. The van der Waals surface area contributed by atoms with Crippen molar-refractivity contribution in [2.24, 2.45) is 5.92 Å². The average Bonchev–Trinajstić information content (AvgIpc) is 2.36. The molecule has 1 aromatic carbocycles. The second-order valence-electron chi connectivity index (χ2n) is 4.59. The van der Waals surface area contributed by atoms with Gasteiger partial charge < -0.3 is 5.11 Å². The van der Waals surface area contributed by atoms with Crippen molar-refractivity contribution in [3.05, 3.63) is 47.0 Å². The van der Waals surface area contributed by atoms with Crippen molar-refractivity contribution < 1.29 is 13.9 Å². The maximum absolute atomic E-state index is 13.7. The number of allylic oxidation sites excluding steroid dienone is 2. The number of aliphatic hydroxyl groups is 1. The zero-order valence-electron chi connectivity index (χ0n) is 9.79. The van der Waals surface area contributed by atoms with E-state index in [1.807, 2.05) is 6.08 Å². The summed E-state index contributed by atoms with van der Waals surface area (Å²) in [5.74, 6) is -1.78. The molecule has 1 N–H and O–H groups in total. The Balaban J connectivity index is 2.27. The van der Waals surface area contributed by atoms with Gasteiger partial charge in [-0.1, -0.05) is 24.3 Å². The molecule has 0 radical (unpaired) electrons. The molecule has 0 aromatic heterocycles. The molecule has 0 aliphatic heterocycles. The van der Waals surface area contributed by atoms with Gasteiger partial charge in [-0.2, -0.15) is 0 Å². The van der Waals surface area contributed by atoms with Crippen LogP contribution in [0.5, 0.6) is 0 Å². The molecule has 0 saturated heterocycles. The molecular formula is C14H16F2O. The van der Waals surface area contributed by atoms with E-state index >= 15 is 0 Å². The smallest absolute Gasteiger partial charge is 0.164 e. The molecule has 0 heterocycles.